The summed E-state index contributed by atoms with van der Waals surface area (Å²) in [4.78, 5) is 35.1. The zero-order chi connectivity index (χ0) is 22.9. The number of ketones is 2. The van der Waals surface area contributed by atoms with Gasteiger partial charge in [-0.15, -0.1) is 0 Å². The molecule has 1 aromatic carbocycles. The van der Waals surface area contributed by atoms with Crippen LogP contribution in [-0.2, 0) is 20.6 Å². The quantitative estimate of drug-likeness (QED) is 0.354. The van der Waals surface area contributed by atoms with Gasteiger partial charge in [0.15, 0.2) is 11.6 Å². The predicted octanol–water partition coefficient (Wildman–Crippen LogP) is 5.29. The van der Waals surface area contributed by atoms with E-state index in [0.717, 1.165) is 12.1 Å². The molecule has 0 bridgehead atoms. The normalized spacial score (nSPS) is 14.5. The van der Waals surface area contributed by atoms with Crippen molar-refractivity contribution in [1.29, 1.82) is 0 Å². The number of Topliss-reactive ketones (excluding diaryl/α,β-unsaturated/α-hetero) is 2. The maximum absolute atomic E-state index is 12.7. The molecule has 0 saturated carbocycles. The van der Waals surface area contributed by atoms with E-state index in [0.29, 0.717) is 49.7 Å². The first-order chi connectivity index (χ1) is 14.7. The summed E-state index contributed by atoms with van der Waals surface area (Å²) in [5.74, 6) is -0.968. The second-order valence-electron chi connectivity index (χ2n) is 7.24. The van der Waals surface area contributed by atoms with E-state index in [1.165, 1.54) is 12.1 Å². The number of unbranched alkanes of at least 4 members (excludes halogenated alkanes) is 1. The minimum Gasteiger partial charge on any atom is -0.494 e. The largest absolute Gasteiger partial charge is 0.494 e. The van der Waals surface area contributed by atoms with Crippen molar-refractivity contribution >= 4 is 17.5 Å². The van der Waals surface area contributed by atoms with Crippen LogP contribution in [0.15, 0.2) is 47.6 Å². The number of carbonyl (C=O) groups is 3. The molecule has 0 saturated heterocycles. The van der Waals surface area contributed by atoms with Gasteiger partial charge in [0.05, 0.1) is 12.2 Å². The van der Waals surface area contributed by atoms with E-state index in [2.05, 4.69) is 0 Å². The Morgan fingerprint density at radius 2 is 1.87 bits per heavy atom. The fourth-order valence-electron chi connectivity index (χ4n) is 3.28. The van der Waals surface area contributed by atoms with Crippen LogP contribution in [0.5, 0.6) is 5.75 Å². The molecule has 0 aromatic heterocycles. The number of carboxylic acid groups (broad SMARTS) is 1. The number of allylic oxidation sites excluding steroid dienone is 4. The number of aliphatic carboxylic acids is 1. The molecule has 31 heavy (non-hydrogen) atoms. The molecule has 1 aliphatic rings. The minimum absolute atomic E-state index is 0.0567. The zero-order valence-corrected chi connectivity index (χ0v) is 17.0. The van der Waals surface area contributed by atoms with Crippen LogP contribution in [0, 0.1) is 0 Å². The summed E-state index contributed by atoms with van der Waals surface area (Å²) in [6.45, 7) is 0.0904. The van der Waals surface area contributed by atoms with E-state index in [1.807, 2.05) is 6.08 Å². The number of rotatable bonds is 12. The standard InChI is InChI=1S/C23H25F3O5/c24-23(25,26)16-7-5-8-17(15-16)31-14-6-10-20(27)19-12-13-21(28)18(19)9-3-1-2-4-11-22(29)30/h1,3,5,7-8,15H,2,4,6,9-14H2,(H,29,30). The van der Waals surface area contributed by atoms with Gasteiger partial charge in [0.1, 0.15) is 5.75 Å². The Morgan fingerprint density at radius 1 is 1.10 bits per heavy atom. The van der Waals surface area contributed by atoms with Gasteiger partial charge in [0.25, 0.3) is 0 Å². The van der Waals surface area contributed by atoms with Crippen LogP contribution in [0.1, 0.15) is 56.9 Å². The van der Waals surface area contributed by atoms with Gasteiger partial charge < -0.3 is 9.84 Å². The molecule has 1 aliphatic carbocycles. The second kappa shape index (κ2) is 11.5. The smallest absolute Gasteiger partial charge is 0.416 e. The Hall–Kier alpha value is -2.90. The van der Waals surface area contributed by atoms with Crippen molar-refractivity contribution in [3.05, 3.63) is 53.1 Å². The van der Waals surface area contributed by atoms with E-state index < -0.39 is 17.7 Å². The molecule has 0 spiro atoms. The molecule has 0 amide bonds. The van der Waals surface area contributed by atoms with Crippen molar-refractivity contribution in [3.63, 3.8) is 0 Å². The van der Waals surface area contributed by atoms with Crippen LogP contribution in [-0.4, -0.2) is 29.2 Å². The van der Waals surface area contributed by atoms with Crippen LogP contribution < -0.4 is 4.74 Å². The Morgan fingerprint density at radius 3 is 2.58 bits per heavy atom. The summed E-state index contributed by atoms with van der Waals surface area (Å²) in [5, 5.41) is 8.60. The fourth-order valence-corrected chi connectivity index (χ4v) is 3.28. The van der Waals surface area contributed by atoms with Gasteiger partial charge in [-0.3, -0.25) is 14.4 Å². The highest BCUT2D eigenvalue weighted by Crippen LogP contribution is 2.31. The minimum atomic E-state index is -4.45. The second-order valence-corrected chi connectivity index (χ2v) is 7.24. The lowest BCUT2D eigenvalue weighted by Crippen LogP contribution is -2.08. The van der Waals surface area contributed by atoms with E-state index in [1.54, 1.807) is 6.08 Å². The average molecular weight is 438 g/mol. The summed E-state index contributed by atoms with van der Waals surface area (Å²) in [6.07, 6.45) is 1.83. The molecule has 5 nitrogen and oxygen atoms in total. The number of benzene rings is 1. The first-order valence-corrected chi connectivity index (χ1v) is 10.1. The third-order valence-corrected chi connectivity index (χ3v) is 4.87. The van der Waals surface area contributed by atoms with Gasteiger partial charge in [-0.2, -0.15) is 13.2 Å². The first-order valence-electron chi connectivity index (χ1n) is 10.1. The molecule has 1 aromatic rings. The molecule has 2 rings (SSSR count). The number of halogens is 3. The van der Waals surface area contributed by atoms with Crippen LogP contribution in [0.3, 0.4) is 0 Å². The maximum atomic E-state index is 12.7. The maximum Gasteiger partial charge on any atom is 0.416 e. The topological polar surface area (TPSA) is 80.7 Å². The van der Waals surface area contributed by atoms with Gasteiger partial charge in [-0.25, -0.2) is 0 Å². The van der Waals surface area contributed by atoms with Crippen molar-refractivity contribution in [2.45, 2.75) is 57.5 Å². The molecular weight excluding hydrogens is 413 g/mol. The molecule has 0 aliphatic heterocycles. The van der Waals surface area contributed by atoms with E-state index in [9.17, 15) is 27.6 Å². The monoisotopic (exact) mass is 438 g/mol. The van der Waals surface area contributed by atoms with E-state index >= 15 is 0 Å². The molecule has 168 valence electrons. The van der Waals surface area contributed by atoms with Crippen molar-refractivity contribution in [2.75, 3.05) is 6.61 Å². The lowest BCUT2D eigenvalue weighted by Gasteiger charge is -2.10. The highest BCUT2D eigenvalue weighted by atomic mass is 19.4. The highest BCUT2D eigenvalue weighted by Gasteiger charge is 2.30. The molecule has 0 unspecified atom stereocenters. The Bertz CT molecular complexity index is 868. The predicted molar refractivity (Wildman–Crippen MR) is 108 cm³/mol. The Kier molecular flexibility index (Phi) is 9.03. The SMILES string of the molecule is O=C(O)CCCC=CCC1=C(C(=O)CCCOc2cccc(C(F)(F)F)c2)CCC1=O. The number of ether oxygens (including phenoxy) is 1. The third-order valence-electron chi connectivity index (χ3n) is 4.87. The number of alkyl halides is 3. The Balaban J connectivity index is 1.82. The van der Waals surface area contributed by atoms with Crippen molar-refractivity contribution < 1.29 is 37.4 Å². The summed E-state index contributed by atoms with van der Waals surface area (Å²) in [5.41, 5.74) is 0.217. The number of carboxylic acids is 1. The van der Waals surface area contributed by atoms with Crippen molar-refractivity contribution in [1.82, 2.24) is 0 Å². The summed E-state index contributed by atoms with van der Waals surface area (Å²) in [6, 6.07) is 4.57. The highest BCUT2D eigenvalue weighted by molar-refractivity contribution is 6.09. The Labute approximate surface area is 178 Å². The van der Waals surface area contributed by atoms with Crippen LogP contribution in [0.2, 0.25) is 0 Å². The van der Waals surface area contributed by atoms with Crippen LogP contribution in [0.25, 0.3) is 0 Å². The van der Waals surface area contributed by atoms with Crippen molar-refractivity contribution in [3.8, 4) is 5.75 Å². The molecule has 0 fully saturated rings. The molecule has 0 heterocycles. The van der Waals surface area contributed by atoms with E-state index in [-0.39, 0.29) is 36.8 Å². The number of hydrogen-bond acceptors (Lipinski definition) is 4. The number of carbonyl (C=O) groups excluding carboxylic acids is 2. The number of hydrogen-bond donors (Lipinski definition) is 1. The van der Waals surface area contributed by atoms with Crippen LogP contribution >= 0.6 is 0 Å². The fraction of sp³-hybridized carbons (Fsp3) is 0.435. The summed E-state index contributed by atoms with van der Waals surface area (Å²) < 4.78 is 43.5. The molecule has 1 N–H and O–H groups in total. The lowest BCUT2D eigenvalue weighted by molar-refractivity contribution is -0.138. The lowest BCUT2D eigenvalue weighted by atomic mass is 10.0. The summed E-state index contributed by atoms with van der Waals surface area (Å²) in [7, 11) is 0. The molecular formula is C23H25F3O5. The van der Waals surface area contributed by atoms with E-state index in [4.69, 9.17) is 9.84 Å². The molecule has 0 atom stereocenters. The van der Waals surface area contributed by atoms with Gasteiger partial charge in [0.2, 0.25) is 0 Å². The molecule has 8 heteroatoms. The van der Waals surface area contributed by atoms with Crippen molar-refractivity contribution in [2.24, 2.45) is 0 Å². The van der Waals surface area contributed by atoms with Gasteiger partial charge in [-0.05, 0) is 50.3 Å². The zero-order valence-electron chi connectivity index (χ0n) is 17.0. The van der Waals surface area contributed by atoms with Gasteiger partial charge >= 0.3 is 12.1 Å². The summed E-state index contributed by atoms with van der Waals surface area (Å²) >= 11 is 0. The first kappa shape index (κ1) is 24.4. The van der Waals surface area contributed by atoms with Gasteiger partial charge in [-0.1, -0.05) is 18.2 Å². The van der Waals surface area contributed by atoms with Crippen LogP contribution in [0.4, 0.5) is 13.2 Å². The third kappa shape index (κ3) is 8.03. The molecule has 0 radical (unpaired) electrons. The average Bonchev–Trinajstić information content (AvgIpc) is 3.07. The van der Waals surface area contributed by atoms with Gasteiger partial charge in [0, 0.05) is 30.4 Å².